The molecule has 2 N–H and O–H groups in total. The van der Waals surface area contributed by atoms with E-state index in [1.54, 1.807) is 6.07 Å². The van der Waals surface area contributed by atoms with Crippen LogP contribution in [0.5, 0.6) is 5.75 Å². The van der Waals surface area contributed by atoms with E-state index in [9.17, 15) is 0 Å². The molecule has 1 heterocycles. The SMILES string of the molecule is CC(CCN1CCCCCC1)Oc1ccc(Cl)cc1N. The average molecular weight is 297 g/mol. The molecule has 1 aliphatic heterocycles. The van der Waals surface area contributed by atoms with Crippen LogP contribution < -0.4 is 10.5 Å². The van der Waals surface area contributed by atoms with E-state index in [2.05, 4.69) is 11.8 Å². The maximum absolute atomic E-state index is 5.91. The number of anilines is 1. The number of nitrogens with zero attached hydrogens (tertiary/aromatic N) is 1. The lowest BCUT2D eigenvalue weighted by molar-refractivity contribution is 0.179. The molecule has 20 heavy (non-hydrogen) atoms. The fraction of sp³-hybridized carbons (Fsp3) is 0.625. The summed E-state index contributed by atoms with van der Waals surface area (Å²) in [5.74, 6) is 0.734. The Bertz CT molecular complexity index is 417. The maximum Gasteiger partial charge on any atom is 0.142 e. The monoisotopic (exact) mass is 296 g/mol. The standard InChI is InChI=1S/C16H25ClN2O/c1-13(8-11-19-9-4-2-3-5-10-19)20-16-7-6-14(17)12-15(16)18/h6-7,12-13H,2-5,8-11,18H2,1H3. The third-order valence-corrected chi connectivity index (χ3v) is 4.09. The first-order chi connectivity index (χ1) is 9.65. The molecule has 1 atom stereocenters. The number of rotatable bonds is 5. The first-order valence-electron chi connectivity index (χ1n) is 7.59. The molecule has 1 fully saturated rings. The van der Waals surface area contributed by atoms with Crippen molar-refractivity contribution < 1.29 is 4.74 Å². The average Bonchev–Trinajstić information content (AvgIpc) is 2.68. The molecule has 1 saturated heterocycles. The number of nitrogen functional groups attached to an aromatic ring is 1. The van der Waals surface area contributed by atoms with Gasteiger partial charge in [0, 0.05) is 11.6 Å². The number of hydrogen-bond acceptors (Lipinski definition) is 3. The zero-order valence-electron chi connectivity index (χ0n) is 12.3. The molecular weight excluding hydrogens is 272 g/mol. The third-order valence-electron chi connectivity index (χ3n) is 3.85. The number of nitrogens with two attached hydrogens (primary N) is 1. The second-order valence-electron chi connectivity index (χ2n) is 5.66. The molecular formula is C16H25ClN2O. The van der Waals surface area contributed by atoms with Crippen molar-refractivity contribution in [1.82, 2.24) is 4.90 Å². The Labute approximate surface area is 127 Å². The highest BCUT2D eigenvalue weighted by atomic mass is 35.5. The highest BCUT2D eigenvalue weighted by Gasteiger charge is 2.12. The number of halogens is 1. The Kier molecular flexibility index (Phi) is 5.99. The predicted molar refractivity (Wildman–Crippen MR) is 85.5 cm³/mol. The van der Waals surface area contributed by atoms with Gasteiger partial charge in [0.25, 0.3) is 0 Å². The van der Waals surface area contributed by atoms with Gasteiger partial charge in [-0.15, -0.1) is 0 Å². The molecule has 4 heteroatoms. The zero-order valence-corrected chi connectivity index (χ0v) is 13.0. The number of likely N-dealkylation sites (tertiary alicyclic amines) is 1. The lowest BCUT2D eigenvalue weighted by atomic mass is 10.2. The second kappa shape index (κ2) is 7.75. The van der Waals surface area contributed by atoms with Gasteiger partial charge in [-0.3, -0.25) is 0 Å². The van der Waals surface area contributed by atoms with Gasteiger partial charge in [-0.1, -0.05) is 24.4 Å². The highest BCUT2D eigenvalue weighted by molar-refractivity contribution is 6.30. The van der Waals surface area contributed by atoms with Gasteiger partial charge in [-0.2, -0.15) is 0 Å². The Morgan fingerprint density at radius 1 is 1.25 bits per heavy atom. The summed E-state index contributed by atoms with van der Waals surface area (Å²) < 4.78 is 5.91. The minimum absolute atomic E-state index is 0.168. The molecule has 2 rings (SSSR count). The van der Waals surface area contributed by atoms with Crippen LogP contribution in [-0.4, -0.2) is 30.6 Å². The first kappa shape index (κ1) is 15.5. The maximum atomic E-state index is 5.91. The van der Waals surface area contributed by atoms with Crippen molar-refractivity contribution in [3.63, 3.8) is 0 Å². The number of hydrogen-bond donors (Lipinski definition) is 1. The predicted octanol–water partition coefficient (Wildman–Crippen LogP) is 3.96. The summed E-state index contributed by atoms with van der Waals surface area (Å²) in [4.78, 5) is 2.55. The van der Waals surface area contributed by atoms with E-state index in [4.69, 9.17) is 22.1 Å². The quantitative estimate of drug-likeness (QED) is 0.836. The fourth-order valence-corrected chi connectivity index (χ4v) is 2.81. The lowest BCUT2D eigenvalue weighted by Crippen LogP contribution is -2.29. The molecule has 0 saturated carbocycles. The molecule has 1 unspecified atom stereocenters. The Morgan fingerprint density at radius 3 is 2.60 bits per heavy atom. The second-order valence-corrected chi connectivity index (χ2v) is 6.09. The number of ether oxygens (including phenoxy) is 1. The van der Waals surface area contributed by atoms with Crippen molar-refractivity contribution in [3.8, 4) is 5.75 Å². The van der Waals surface area contributed by atoms with E-state index >= 15 is 0 Å². The smallest absolute Gasteiger partial charge is 0.142 e. The van der Waals surface area contributed by atoms with E-state index < -0.39 is 0 Å². The van der Waals surface area contributed by atoms with Gasteiger partial charge in [-0.25, -0.2) is 0 Å². The lowest BCUT2D eigenvalue weighted by Gasteiger charge is -2.23. The third kappa shape index (κ3) is 4.88. The molecule has 1 aromatic carbocycles. The topological polar surface area (TPSA) is 38.5 Å². The van der Waals surface area contributed by atoms with Gasteiger partial charge in [0.1, 0.15) is 5.75 Å². The molecule has 3 nitrogen and oxygen atoms in total. The Hall–Kier alpha value is -0.930. The Morgan fingerprint density at radius 2 is 1.95 bits per heavy atom. The Balaban J connectivity index is 1.78. The highest BCUT2D eigenvalue weighted by Crippen LogP contribution is 2.26. The van der Waals surface area contributed by atoms with E-state index in [1.165, 1.54) is 38.8 Å². The van der Waals surface area contributed by atoms with Crippen LogP contribution >= 0.6 is 11.6 Å². The zero-order chi connectivity index (χ0) is 14.4. The minimum atomic E-state index is 0.168. The van der Waals surface area contributed by atoms with Crippen molar-refractivity contribution in [2.45, 2.75) is 45.1 Å². The van der Waals surface area contributed by atoms with Gasteiger partial charge in [0.15, 0.2) is 0 Å². The summed E-state index contributed by atoms with van der Waals surface area (Å²) in [5.41, 5.74) is 6.52. The fourth-order valence-electron chi connectivity index (χ4n) is 2.63. The van der Waals surface area contributed by atoms with Crippen LogP contribution in [0.2, 0.25) is 5.02 Å². The summed E-state index contributed by atoms with van der Waals surface area (Å²) in [6.45, 7) is 5.67. The van der Waals surface area contributed by atoms with Crippen LogP contribution in [0, 0.1) is 0 Å². The summed E-state index contributed by atoms with van der Waals surface area (Å²) in [7, 11) is 0. The van der Waals surface area contributed by atoms with Gasteiger partial charge in [0.05, 0.1) is 11.8 Å². The van der Waals surface area contributed by atoms with Gasteiger partial charge in [-0.05, 0) is 57.5 Å². The van der Waals surface area contributed by atoms with Crippen molar-refractivity contribution >= 4 is 17.3 Å². The molecule has 1 aliphatic rings. The summed E-state index contributed by atoms with van der Waals surface area (Å²) in [5, 5.41) is 0.645. The van der Waals surface area contributed by atoms with Crippen molar-refractivity contribution in [2.75, 3.05) is 25.4 Å². The van der Waals surface area contributed by atoms with Gasteiger partial charge < -0.3 is 15.4 Å². The molecule has 0 bridgehead atoms. The van der Waals surface area contributed by atoms with Gasteiger partial charge in [0.2, 0.25) is 0 Å². The largest absolute Gasteiger partial charge is 0.489 e. The van der Waals surface area contributed by atoms with Crippen molar-refractivity contribution in [2.24, 2.45) is 0 Å². The molecule has 112 valence electrons. The van der Waals surface area contributed by atoms with E-state index in [0.29, 0.717) is 10.7 Å². The van der Waals surface area contributed by atoms with E-state index in [-0.39, 0.29) is 6.10 Å². The normalized spacial score (nSPS) is 18.5. The molecule has 0 amide bonds. The van der Waals surface area contributed by atoms with Crippen LogP contribution in [0.4, 0.5) is 5.69 Å². The summed E-state index contributed by atoms with van der Waals surface area (Å²) in [6, 6.07) is 5.40. The molecule has 0 spiro atoms. The molecule has 1 aromatic rings. The molecule has 0 radical (unpaired) electrons. The minimum Gasteiger partial charge on any atom is -0.489 e. The van der Waals surface area contributed by atoms with Gasteiger partial charge >= 0.3 is 0 Å². The van der Waals surface area contributed by atoms with Crippen LogP contribution in [0.1, 0.15) is 39.0 Å². The molecule has 0 aliphatic carbocycles. The van der Waals surface area contributed by atoms with Crippen molar-refractivity contribution in [3.05, 3.63) is 23.2 Å². The first-order valence-corrected chi connectivity index (χ1v) is 7.97. The van der Waals surface area contributed by atoms with Crippen LogP contribution in [0.3, 0.4) is 0 Å². The molecule has 0 aromatic heterocycles. The van der Waals surface area contributed by atoms with E-state index in [1.807, 2.05) is 12.1 Å². The van der Waals surface area contributed by atoms with Crippen molar-refractivity contribution in [1.29, 1.82) is 0 Å². The van der Waals surface area contributed by atoms with Crippen LogP contribution in [-0.2, 0) is 0 Å². The summed E-state index contributed by atoms with van der Waals surface area (Å²) >= 11 is 5.89. The number of benzene rings is 1. The van der Waals surface area contributed by atoms with Crippen LogP contribution in [0.25, 0.3) is 0 Å². The summed E-state index contributed by atoms with van der Waals surface area (Å²) in [6.07, 6.45) is 6.62. The van der Waals surface area contributed by atoms with Crippen LogP contribution in [0.15, 0.2) is 18.2 Å². The van der Waals surface area contributed by atoms with E-state index in [0.717, 1.165) is 18.7 Å².